The van der Waals surface area contributed by atoms with Gasteiger partial charge in [0.25, 0.3) is 5.91 Å². The Kier molecular flexibility index (Phi) is 4.13. The Morgan fingerprint density at radius 2 is 2.23 bits per heavy atom. The predicted octanol–water partition coefficient (Wildman–Crippen LogP) is 2.86. The Morgan fingerprint density at radius 1 is 1.42 bits per heavy atom. The second-order valence-corrected chi connectivity index (χ2v) is 7.48. The zero-order valence-electron chi connectivity index (χ0n) is 14.2. The normalized spacial score (nSPS) is 17.9. The summed E-state index contributed by atoms with van der Waals surface area (Å²) in [6.45, 7) is 1.55. The van der Waals surface area contributed by atoms with E-state index in [1.807, 2.05) is 6.07 Å². The number of rotatable bonds is 3. The first kappa shape index (κ1) is 16.6. The molecule has 1 atom stereocenters. The van der Waals surface area contributed by atoms with Crippen molar-refractivity contribution >= 4 is 33.8 Å². The number of amides is 2. The highest BCUT2D eigenvalue weighted by Crippen LogP contribution is 2.39. The van der Waals surface area contributed by atoms with E-state index in [1.165, 1.54) is 21.1 Å². The van der Waals surface area contributed by atoms with Gasteiger partial charge in [0, 0.05) is 4.88 Å². The number of benzene rings is 1. The number of anilines is 2. The fraction of sp³-hybridized carbons (Fsp3) is 0.316. The molecule has 0 saturated carbocycles. The summed E-state index contributed by atoms with van der Waals surface area (Å²) >= 11 is 1.47. The van der Waals surface area contributed by atoms with Crippen molar-refractivity contribution in [3.8, 4) is 11.8 Å². The molecule has 1 N–H and O–H groups in total. The van der Waals surface area contributed by atoms with Crippen molar-refractivity contribution in [3.63, 3.8) is 0 Å². The van der Waals surface area contributed by atoms with Crippen molar-refractivity contribution in [2.45, 2.75) is 32.3 Å². The molecular weight excluding hydrogens is 350 g/mol. The molecule has 0 spiro atoms. The lowest BCUT2D eigenvalue weighted by atomic mass is 10.1. The van der Waals surface area contributed by atoms with E-state index < -0.39 is 6.10 Å². The van der Waals surface area contributed by atoms with Crippen LogP contribution in [0.15, 0.2) is 24.3 Å². The van der Waals surface area contributed by atoms with E-state index in [1.54, 1.807) is 25.1 Å². The Balaban J connectivity index is 1.56. The molecule has 6 nitrogen and oxygen atoms in total. The van der Waals surface area contributed by atoms with Crippen LogP contribution in [0.3, 0.4) is 0 Å². The summed E-state index contributed by atoms with van der Waals surface area (Å²) in [7, 11) is 0. The van der Waals surface area contributed by atoms with Crippen LogP contribution in [0.1, 0.15) is 29.3 Å². The molecule has 2 aliphatic rings. The van der Waals surface area contributed by atoms with Crippen LogP contribution in [0.2, 0.25) is 0 Å². The highest BCUT2D eigenvalue weighted by atomic mass is 32.1. The lowest BCUT2D eigenvalue weighted by molar-refractivity contribution is -0.127. The minimum Gasteiger partial charge on any atom is -0.479 e. The summed E-state index contributed by atoms with van der Waals surface area (Å²) < 4.78 is 5.59. The number of fused-ring (bicyclic) bond motifs is 2. The van der Waals surface area contributed by atoms with E-state index in [0.29, 0.717) is 22.0 Å². The number of carbonyl (C=O) groups is 2. The van der Waals surface area contributed by atoms with Crippen LogP contribution in [0.4, 0.5) is 10.7 Å². The number of aryl methyl sites for hydroxylation is 1. The number of para-hydroxylation sites is 2. The van der Waals surface area contributed by atoms with Crippen molar-refractivity contribution in [1.82, 2.24) is 0 Å². The van der Waals surface area contributed by atoms with E-state index in [0.717, 1.165) is 24.8 Å². The Morgan fingerprint density at radius 3 is 3.04 bits per heavy atom. The fourth-order valence-corrected chi connectivity index (χ4v) is 4.70. The molecule has 132 valence electrons. The summed E-state index contributed by atoms with van der Waals surface area (Å²) in [6.07, 6.45) is 2.26. The van der Waals surface area contributed by atoms with Gasteiger partial charge in [0.2, 0.25) is 5.91 Å². The van der Waals surface area contributed by atoms with Gasteiger partial charge in [-0.15, -0.1) is 11.3 Å². The lowest BCUT2D eigenvalue weighted by Gasteiger charge is -2.32. The zero-order valence-corrected chi connectivity index (χ0v) is 15.1. The molecule has 26 heavy (non-hydrogen) atoms. The molecule has 2 amide bonds. The van der Waals surface area contributed by atoms with Crippen LogP contribution in [0.5, 0.6) is 5.75 Å². The molecule has 4 rings (SSSR count). The lowest BCUT2D eigenvalue weighted by Crippen LogP contribution is -2.47. The smallest absolute Gasteiger partial charge is 0.268 e. The largest absolute Gasteiger partial charge is 0.479 e. The summed E-state index contributed by atoms with van der Waals surface area (Å²) in [4.78, 5) is 27.7. The molecule has 1 aromatic carbocycles. The Bertz CT molecular complexity index is 944. The molecule has 0 radical (unpaired) electrons. The number of hydrogen-bond donors (Lipinski definition) is 1. The molecule has 1 aliphatic carbocycles. The number of carbonyl (C=O) groups excluding carboxylic acids is 2. The van der Waals surface area contributed by atoms with Gasteiger partial charge in [-0.3, -0.25) is 14.5 Å². The number of hydrogen-bond acceptors (Lipinski definition) is 5. The fourth-order valence-electron chi connectivity index (χ4n) is 3.44. The van der Waals surface area contributed by atoms with Gasteiger partial charge < -0.3 is 10.1 Å². The van der Waals surface area contributed by atoms with E-state index in [2.05, 4.69) is 11.4 Å². The quantitative estimate of drug-likeness (QED) is 0.904. The van der Waals surface area contributed by atoms with Gasteiger partial charge in [-0.25, -0.2) is 0 Å². The van der Waals surface area contributed by atoms with Crippen LogP contribution >= 0.6 is 11.3 Å². The number of ether oxygens (including phenoxy) is 1. The van der Waals surface area contributed by atoms with E-state index in [9.17, 15) is 14.9 Å². The molecule has 2 aromatic rings. The highest BCUT2D eigenvalue weighted by Gasteiger charge is 2.33. The summed E-state index contributed by atoms with van der Waals surface area (Å²) in [5.41, 5.74) is 2.21. The van der Waals surface area contributed by atoms with E-state index >= 15 is 0 Å². The van der Waals surface area contributed by atoms with Crippen LogP contribution in [0, 0.1) is 11.3 Å². The number of nitrogens with zero attached hydrogens (tertiary/aromatic N) is 2. The second kappa shape index (κ2) is 6.46. The van der Waals surface area contributed by atoms with Crippen molar-refractivity contribution < 1.29 is 14.3 Å². The zero-order chi connectivity index (χ0) is 18.3. The van der Waals surface area contributed by atoms with Crippen LogP contribution in [0.25, 0.3) is 0 Å². The third-order valence-electron chi connectivity index (χ3n) is 4.66. The molecular formula is C19H17N3O3S. The SMILES string of the molecule is CC1Oc2ccccc2N(CC(=O)Nc2sc3c(c2C#N)CCC3)C1=O. The maximum absolute atomic E-state index is 12.6. The third kappa shape index (κ3) is 2.72. The Hall–Kier alpha value is -2.85. The molecule has 0 saturated heterocycles. The predicted molar refractivity (Wildman–Crippen MR) is 98.6 cm³/mol. The molecule has 1 aromatic heterocycles. The van der Waals surface area contributed by atoms with Crippen LogP contribution in [-0.2, 0) is 22.4 Å². The summed E-state index contributed by atoms with van der Waals surface area (Å²) in [5, 5.41) is 12.9. The molecule has 1 aliphatic heterocycles. The number of thiophene rings is 1. The maximum Gasteiger partial charge on any atom is 0.268 e. The number of nitriles is 1. The van der Waals surface area contributed by atoms with Crippen molar-refractivity contribution in [2.75, 3.05) is 16.8 Å². The second-order valence-electron chi connectivity index (χ2n) is 6.37. The van der Waals surface area contributed by atoms with Gasteiger partial charge in [0.1, 0.15) is 23.4 Å². The molecule has 1 unspecified atom stereocenters. The van der Waals surface area contributed by atoms with Gasteiger partial charge in [-0.1, -0.05) is 12.1 Å². The minimum atomic E-state index is -0.641. The molecule has 2 heterocycles. The molecule has 0 bridgehead atoms. The van der Waals surface area contributed by atoms with Gasteiger partial charge in [-0.05, 0) is 43.9 Å². The Labute approximate surface area is 155 Å². The summed E-state index contributed by atoms with van der Waals surface area (Å²) in [5.74, 6) is 0.00641. The van der Waals surface area contributed by atoms with E-state index in [4.69, 9.17) is 4.74 Å². The monoisotopic (exact) mass is 367 g/mol. The topological polar surface area (TPSA) is 82.4 Å². The third-order valence-corrected chi connectivity index (χ3v) is 5.87. The average molecular weight is 367 g/mol. The first-order valence-corrected chi connectivity index (χ1v) is 9.31. The average Bonchev–Trinajstić information content (AvgIpc) is 3.19. The first-order chi connectivity index (χ1) is 12.6. The van der Waals surface area contributed by atoms with Crippen molar-refractivity contribution in [1.29, 1.82) is 5.26 Å². The molecule has 0 fully saturated rings. The summed E-state index contributed by atoms with van der Waals surface area (Å²) in [6, 6.07) is 9.37. The van der Waals surface area contributed by atoms with Gasteiger partial charge >= 0.3 is 0 Å². The van der Waals surface area contributed by atoms with Crippen molar-refractivity contribution in [2.24, 2.45) is 0 Å². The van der Waals surface area contributed by atoms with Gasteiger partial charge in [0.15, 0.2) is 6.10 Å². The highest BCUT2D eigenvalue weighted by molar-refractivity contribution is 7.16. The first-order valence-electron chi connectivity index (χ1n) is 8.50. The van der Waals surface area contributed by atoms with Crippen molar-refractivity contribution in [3.05, 3.63) is 40.3 Å². The van der Waals surface area contributed by atoms with Gasteiger partial charge in [-0.2, -0.15) is 5.26 Å². The van der Waals surface area contributed by atoms with Crippen LogP contribution in [-0.4, -0.2) is 24.5 Å². The van der Waals surface area contributed by atoms with E-state index in [-0.39, 0.29) is 18.4 Å². The molecule has 7 heteroatoms. The number of nitrogens with one attached hydrogen (secondary N) is 1. The van der Waals surface area contributed by atoms with Gasteiger partial charge in [0.05, 0.1) is 11.3 Å². The van der Waals surface area contributed by atoms with Crippen LogP contribution < -0.4 is 15.0 Å². The minimum absolute atomic E-state index is 0.114. The maximum atomic E-state index is 12.6. The standard InChI is InChI=1S/C19H17N3O3S/c1-11-19(24)22(14-6-2-3-7-15(14)25-11)10-17(23)21-18-13(9-20)12-5-4-8-16(12)26-18/h2-3,6-7,11H,4-5,8,10H2,1H3,(H,21,23).